The van der Waals surface area contributed by atoms with Crippen LogP contribution in [-0.4, -0.2) is 37.4 Å². The van der Waals surface area contributed by atoms with Crippen LogP contribution in [0.15, 0.2) is 30.3 Å². The minimum absolute atomic E-state index is 0.0852. The highest BCUT2D eigenvalue weighted by Crippen LogP contribution is 2.23. The van der Waals surface area contributed by atoms with E-state index in [-0.39, 0.29) is 24.9 Å². The number of nitrogens with one attached hydrogen (secondary N) is 1. The summed E-state index contributed by atoms with van der Waals surface area (Å²) >= 11 is 1.34. The van der Waals surface area contributed by atoms with E-state index < -0.39 is 5.97 Å². The van der Waals surface area contributed by atoms with E-state index in [4.69, 9.17) is 9.47 Å². The molecule has 1 aromatic heterocycles. The van der Waals surface area contributed by atoms with Crippen molar-refractivity contribution in [3.63, 3.8) is 0 Å². The normalized spacial score (nSPS) is 10.7. The van der Waals surface area contributed by atoms with Gasteiger partial charge in [0, 0.05) is 18.3 Å². The number of ether oxygens (including phenoxy) is 2. The van der Waals surface area contributed by atoms with Crippen LogP contribution in [0.25, 0.3) is 0 Å². The van der Waals surface area contributed by atoms with Crippen molar-refractivity contribution in [1.29, 1.82) is 0 Å². The Labute approximate surface area is 175 Å². The molecule has 0 aliphatic carbocycles. The highest BCUT2D eigenvalue weighted by atomic mass is 32.1. The first-order valence-electron chi connectivity index (χ1n) is 9.51. The van der Waals surface area contributed by atoms with Crippen LogP contribution in [-0.2, 0) is 20.7 Å². The molecule has 0 unspecified atom stereocenters. The molecule has 7 heteroatoms. The first-order valence-corrected chi connectivity index (χ1v) is 10.3. The molecule has 0 radical (unpaired) electrons. The fourth-order valence-corrected chi connectivity index (χ4v) is 3.74. The van der Waals surface area contributed by atoms with E-state index >= 15 is 0 Å². The lowest BCUT2D eigenvalue weighted by atomic mass is 9.98. The van der Waals surface area contributed by atoms with E-state index in [0.717, 1.165) is 10.4 Å². The van der Waals surface area contributed by atoms with Crippen molar-refractivity contribution in [1.82, 2.24) is 5.32 Å². The summed E-state index contributed by atoms with van der Waals surface area (Å²) in [7, 11) is 0. The Morgan fingerprint density at radius 1 is 1.10 bits per heavy atom. The van der Waals surface area contributed by atoms with E-state index in [0.29, 0.717) is 29.5 Å². The minimum atomic E-state index is -0.591. The van der Waals surface area contributed by atoms with Crippen molar-refractivity contribution >= 4 is 29.0 Å². The summed E-state index contributed by atoms with van der Waals surface area (Å²) in [6, 6.07) is 9.26. The first kappa shape index (κ1) is 22.6. The summed E-state index contributed by atoms with van der Waals surface area (Å²) < 4.78 is 10.5. The topological polar surface area (TPSA) is 81.7 Å². The Balaban J connectivity index is 1.76. The van der Waals surface area contributed by atoms with Gasteiger partial charge in [0.1, 0.15) is 5.75 Å². The molecule has 0 spiro atoms. The van der Waals surface area contributed by atoms with E-state index in [1.807, 2.05) is 31.2 Å². The number of esters is 1. The Bertz CT molecular complexity index is 872. The highest BCUT2D eigenvalue weighted by molar-refractivity contribution is 7.14. The molecule has 156 valence electrons. The van der Waals surface area contributed by atoms with Crippen molar-refractivity contribution in [3.8, 4) is 5.75 Å². The van der Waals surface area contributed by atoms with E-state index in [1.165, 1.54) is 23.8 Å². The molecule has 0 fully saturated rings. The summed E-state index contributed by atoms with van der Waals surface area (Å²) in [4.78, 5) is 36.5. The third-order valence-electron chi connectivity index (χ3n) is 4.27. The van der Waals surface area contributed by atoms with Gasteiger partial charge in [0.15, 0.2) is 13.2 Å². The van der Waals surface area contributed by atoms with Crippen LogP contribution in [0, 0.1) is 6.92 Å². The van der Waals surface area contributed by atoms with Gasteiger partial charge in [-0.25, -0.2) is 4.79 Å². The van der Waals surface area contributed by atoms with Gasteiger partial charge in [-0.15, -0.1) is 11.3 Å². The summed E-state index contributed by atoms with van der Waals surface area (Å²) in [6.07, 6.45) is 0.653. The van der Waals surface area contributed by atoms with Crippen LogP contribution in [0.1, 0.15) is 52.4 Å². The number of hydrogen-bond donors (Lipinski definition) is 1. The summed E-state index contributed by atoms with van der Waals surface area (Å²) in [6.45, 7) is 7.66. The zero-order valence-electron chi connectivity index (χ0n) is 17.2. The number of benzene rings is 1. The second-order valence-corrected chi connectivity index (χ2v) is 8.21. The monoisotopic (exact) mass is 417 g/mol. The molecule has 0 aliphatic rings. The maximum absolute atomic E-state index is 12.2. The molecule has 0 aliphatic heterocycles. The lowest BCUT2D eigenvalue weighted by molar-refractivity contribution is -0.144. The zero-order valence-corrected chi connectivity index (χ0v) is 18.1. The Hall–Kier alpha value is -2.67. The lowest BCUT2D eigenvalue weighted by Crippen LogP contribution is -2.22. The average molecular weight is 418 g/mol. The predicted octanol–water partition coefficient (Wildman–Crippen LogP) is 3.66. The fourth-order valence-electron chi connectivity index (χ4n) is 2.81. The predicted molar refractivity (Wildman–Crippen MR) is 113 cm³/mol. The van der Waals surface area contributed by atoms with Gasteiger partial charge in [-0.3, -0.25) is 9.59 Å². The summed E-state index contributed by atoms with van der Waals surface area (Å²) in [5, 5.41) is 2.71. The van der Waals surface area contributed by atoms with Gasteiger partial charge in [0.2, 0.25) is 11.7 Å². The van der Waals surface area contributed by atoms with Gasteiger partial charge >= 0.3 is 5.97 Å². The minimum Gasteiger partial charge on any atom is -0.482 e. The number of carbonyl (C=O) groups excluding carboxylic acids is 3. The number of hydrogen-bond acceptors (Lipinski definition) is 6. The SMILES string of the molecule is CC(=O)NCCc1ccc(C(=O)COC(=O)COc2ccc(C(C)C)c(C)c2)s1. The van der Waals surface area contributed by atoms with E-state index in [1.54, 1.807) is 6.07 Å². The van der Waals surface area contributed by atoms with Crippen molar-refractivity contribution < 1.29 is 23.9 Å². The number of rotatable bonds is 10. The number of Topliss-reactive ketones (excluding diaryl/α,β-unsaturated/α-hetero) is 1. The molecule has 1 N–H and O–H groups in total. The number of amides is 1. The van der Waals surface area contributed by atoms with Gasteiger partial charge in [0.05, 0.1) is 4.88 Å². The van der Waals surface area contributed by atoms with E-state index in [2.05, 4.69) is 19.2 Å². The number of aryl methyl sites for hydroxylation is 1. The number of carbonyl (C=O) groups is 3. The maximum atomic E-state index is 12.2. The van der Waals surface area contributed by atoms with Crippen LogP contribution < -0.4 is 10.1 Å². The van der Waals surface area contributed by atoms with Gasteiger partial charge < -0.3 is 14.8 Å². The highest BCUT2D eigenvalue weighted by Gasteiger charge is 2.13. The lowest BCUT2D eigenvalue weighted by Gasteiger charge is -2.12. The Morgan fingerprint density at radius 3 is 2.52 bits per heavy atom. The van der Waals surface area contributed by atoms with Crippen LogP contribution in [0.5, 0.6) is 5.75 Å². The molecule has 1 heterocycles. The first-order chi connectivity index (χ1) is 13.8. The second kappa shape index (κ2) is 10.8. The molecule has 0 saturated heterocycles. The third-order valence-corrected chi connectivity index (χ3v) is 5.45. The molecule has 0 saturated carbocycles. The quantitative estimate of drug-likeness (QED) is 0.471. The number of thiophene rings is 1. The third kappa shape index (κ3) is 7.34. The second-order valence-electron chi connectivity index (χ2n) is 7.04. The largest absolute Gasteiger partial charge is 0.482 e. The molecule has 1 aromatic carbocycles. The van der Waals surface area contributed by atoms with Crippen LogP contribution in [0.4, 0.5) is 0 Å². The van der Waals surface area contributed by atoms with Gasteiger partial charge in [-0.1, -0.05) is 19.9 Å². The summed E-state index contributed by atoms with van der Waals surface area (Å²) in [5.74, 6) is 0.0797. The molecule has 29 heavy (non-hydrogen) atoms. The standard InChI is InChI=1S/C22H27NO5S/c1-14(2)19-7-5-17(11-15(19)3)27-13-22(26)28-12-20(25)21-8-6-18(29-21)9-10-23-16(4)24/h5-8,11,14H,9-10,12-13H2,1-4H3,(H,23,24). The average Bonchev–Trinajstić information content (AvgIpc) is 3.13. The molecule has 0 atom stereocenters. The van der Waals surface area contributed by atoms with Crippen molar-refractivity contribution in [2.75, 3.05) is 19.8 Å². The van der Waals surface area contributed by atoms with Crippen molar-refractivity contribution in [2.45, 2.75) is 40.0 Å². The maximum Gasteiger partial charge on any atom is 0.344 e. The van der Waals surface area contributed by atoms with Crippen molar-refractivity contribution in [3.05, 3.63) is 51.2 Å². The molecular weight excluding hydrogens is 390 g/mol. The Kier molecular flexibility index (Phi) is 8.39. The molecule has 6 nitrogen and oxygen atoms in total. The molecular formula is C22H27NO5S. The van der Waals surface area contributed by atoms with Crippen LogP contribution >= 0.6 is 11.3 Å². The smallest absolute Gasteiger partial charge is 0.344 e. The molecule has 2 rings (SSSR count). The Morgan fingerprint density at radius 2 is 1.86 bits per heavy atom. The number of ketones is 1. The fraction of sp³-hybridized carbons (Fsp3) is 0.409. The molecule has 2 aromatic rings. The molecule has 1 amide bonds. The van der Waals surface area contributed by atoms with Crippen LogP contribution in [0.2, 0.25) is 0 Å². The van der Waals surface area contributed by atoms with E-state index in [9.17, 15) is 14.4 Å². The van der Waals surface area contributed by atoms with Gasteiger partial charge in [0.25, 0.3) is 0 Å². The zero-order chi connectivity index (χ0) is 21.4. The van der Waals surface area contributed by atoms with Crippen LogP contribution in [0.3, 0.4) is 0 Å². The van der Waals surface area contributed by atoms with Gasteiger partial charge in [-0.05, 0) is 54.7 Å². The van der Waals surface area contributed by atoms with Crippen molar-refractivity contribution in [2.24, 2.45) is 0 Å². The van der Waals surface area contributed by atoms with Gasteiger partial charge in [-0.2, -0.15) is 0 Å². The molecule has 0 bridgehead atoms. The summed E-state index contributed by atoms with van der Waals surface area (Å²) in [5.41, 5.74) is 2.34.